The summed E-state index contributed by atoms with van der Waals surface area (Å²) in [4.78, 5) is 26.3. The van der Waals surface area contributed by atoms with Crippen molar-refractivity contribution in [3.8, 4) is 11.5 Å². The van der Waals surface area contributed by atoms with E-state index in [9.17, 15) is 19.8 Å². The topological polar surface area (TPSA) is 101 Å². The van der Waals surface area contributed by atoms with Crippen LogP contribution in [0, 0.1) is 6.92 Å². The zero-order valence-electron chi connectivity index (χ0n) is 17.6. The van der Waals surface area contributed by atoms with Gasteiger partial charge in [0.1, 0.15) is 22.7 Å². The summed E-state index contributed by atoms with van der Waals surface area (Å²) in [6, 6.07) is 15.9. The monoisotopic (exact) mass is 494 g/mol. The lowest BCUT2D eigenvalue weighted by atomic mass is 9.84. The molecule has 3 aromatic carbocycles. The van der Waals surface area contributed by atoms with E-state index in [0.717, 1.165) is 5.56 Å². The van der Waals surface area contributed by atoms with Gasteiger partial charge in [-0.1, -0.05) is 53.0 Å². The standard InChI is InChI=1S/C26H16Cl2O6/c1-12-2-4-13(5-3-12)20(21-23(29)16-10-14(27)6-8-18(16)33-25(21)31)22-24(30)17-11-15(28)7-9-19(17)34-26(22)32/h2-11,20,29-30H,1H3. The van der Waals surface area contributed by atoms with Crippen LogP contribution in [0.3, 0.4) is 0 Å². The van der Waals surface area contributed by atoms with E-state index in [1.54, 1.807) is 24.3 Å². The summed E-state index contributed by atoms with van der Waals surface area (Å²) >= 11 is 12.2. The SMILES string of the molecule is Cc1ccc(C(c2c(O)c3cc(Cl)ccc3oc2=O)c2c(O)c3cc(Cl)ccc3oc2=O)cc1. The zero-order valence-corrected chi connectivity index (χ0v) is 19.1. The van der Waals surface area contributed by atoms with Gasteiger partial charge in [0.25, 0.3) is 0 Å². The molecule has 2 N–H and O–H groups in total. The highest BCUT2D eigenvalue weighted by Crippen LogP contribution is 2.42. The molecule has 0 aliphatic carbocycles. The number of halogens is 2. The molecule has 5 rings (SSSR count). The van der Waals surface area contributed by atoms with E-state index in [4.69, 9.17) is 32.0 Å². The molecule has 170 valence electrons. The van der Waals surface area contributed by atoms with Crippen LogP contribution in [-0.2, 0) is 0 Å². The molecule has 0 amide bonds. The first kappa shape index (κ1) is 22.1. The molecule has 0 atom stereocenters. The van der Waals surface area contributed by atoms with Crippen molar-refractivity contribution in [1.29, 1.82) is 0 Å². The number of hydrogen-bond donors (Lipinski definition) is 2. The van der Waals surface area contributed by atoms with Gasteiger partial charge in [-0.3, -0.25) is 0 Å². The lowest BCUT2D eigenvalue weighted by Crippen LogP contribution is -2.21. The van der Waals surface area contributed by atoms with Gasteiger partial charge in [0.15, 0.2) is 0 Å². The van der Waals surface area contributed by atoms with Gasteiger partial charge < -0.3 is 19.0 Å². The van der Waals surface area contributed by atoms with Crippen LogP contribution in [0.1, 0.15) is 28.2 Å². The van der Waals surface area contributed by atoms with Crippen molar-refractivity contribution in [3.63, 3.8) is 0 Å². The molecule has 0 radical (unpaired) electrons. The molecule has 5 aromatic rings. The van der Waals surface area contributed by atoms with Crippen LogP contribution in [0.4, 0.5) is 0 Å². The van der Waals surface area contributed by atoms with Crippen LogP contribution in [0.2, 0.25) is 10.0 Å². The summed E-state index contributed by atoms with van der Waals surface area (Å²) in [5, 5.41) is 23.4. The fourth-order valence-electron chi connectivity index (χ4n) is 4.09. The quantitative estimate of drug-likeness (QED) is 0.293. The zero-order chi connectivity index (χ0) is 24.1. The maximum atomic E-state index is 13.1. The molecule has 0 saturated carbocycles. The largest absolute Gasteiger partial charge is 0.507 e. The third kappa shape index (κ3) is 3.61. The molecule has 34 heavy (non-hydrogen) atoms. The van der Waals surface area contributed by atoms with Crippen LogP contribution in [0.5, 0.6) is 11.5 Å². The van der Waals surface area contributed by atoms with Crippen LogP contribution in [-0.4, -0.2) is 10.2 Å². The number of fused-ring (bicyclic) bond motifs is 2. The first-order valence-corrected chi connectivity index (χ1v) is 11.0. The molecular formula is C26H16Cl2O6. The summed E-state index contributed by atoms with van der Waals surface area (Å²) < 4.78 is 10.9. The minimum atomic E-state index is -1.21. The number of rotatable bonds is 3. The molecule has 0 aliphatic heterocycles. The van der Waals surface area contributed by atoms with Gasteiger partial charge in [-0.15, -0.1) is 0 Å². The predicted octanol–water partition coefficient (Wildman–Crippen LogP) is 6.11. The Hall–Kier alpha value is -3.74. The number of aromatic hydroxyl groups is 2. The molecule has 6 nitrogen and oxygen atoms in total. The smallest absolute Gasteiger partial charge is 0.344 e. The van der Waals surface area contributed by atoms with E-state index in [-0.39, 0.29) is 33.1 Å². The summed E-state index contributed by atoms with van der Waals surface area (Å²) in [7, 11) is 0. The lowest BCUT2D eigenvalue weighted by Gasteiger charge is -2.20. The van der Waals surface area contributed by atoms with Gasteiger partial charge in [0.2, 0.25) is 0 Å². The Morgan fingerprint density at radius 3 is 1.59 bits per heavy atom. The first-order valence-electron chi connectivity index (χ1n) is 10.2. The third-order valence-electron chi connectivity index (χ3n) is 5.74. The molecule has 0 bridgehead atoms. The normalized spacial score (nSPS) is 11.5. The maximum absolute atomic E-state index is 13.1. The van der Waals surface area contributed by atoms with E-state index in [2.05, 4.69) is 0 Å². The van der Waals surface area contributed by atoms with Crippen LogP contribution < -0.4 is 11.3 Å². The third-order valence-corrected chi connectivity index (χ3v) is 6.21. The highest BCUT2D eigenvalue weighted by Gasteiger charge is 2.32. The van der Waals surface area contributed by atoms with Crippen LogP contribution in [0.25, 0.3) is 21.9 Å². The van der Waals surface area contributed by atoms with Crippen molar-refractivity contribution in [2.75, 3.05) is 0 Å². The van der Waals surface area contributed by atoms with Gasteiger partial charge in [-0.25, -0.2) is 9.59 Å². The second kappa shape index (κ2) is 8.24. The van der Waals surface area contributed by atoms with Crippen LogP contribution >= 0.6 is 23.2 Å². The molecule has 8 heteroatoms. The van der Waals surface area contributed by atoms with E-state index >= 15 is 0 Å². The first-order chi connectivity index (χ1) is 16.2. The van der Waals surface area contributed by atoms with Crippen molar-refractivity contribution >= 4 is 45.1 Å². The van der Waals surface area contributed by atoms with E-state index < -0.39 is 28.7 Å². The number of benzene rings is 3. The highest BCUT2D eigenvalue weighted by atomic mass is 35.5. The molecule has 0 spiro atoms. The van der Waals surface area contributed by atoms with E-state index in [1.807, 2.05) is 6.92 Å². The van der Waals surface area contributed by atoms with E-state index in [1.165, 1.54) is 36.4 Å². The number of hydrogen-bond acceptors (Lipinski definition) is 6. The minimum absolute atomic E-state index is 0.125. The maximum Gasteiger partial charge on any atom is 0.344 e. The van der Waals surface area contributed by atoms with Crippen molar-refractivity contribution in [2.45, 2.75) is 12.8 Å². The van der Waals surface area contributed by atoms with Crippen molar-refractivity contribution < 1.29 is 19.0 Å². The summed E-state index contributed by atoms with van der Waals surface area (Å²) in [5.74, 6) is -2.03. The lowest BCUT2D eigenvalue weighted by molar-refractivity contribution is 0.441. The van der Waals surface area contributed by atoms with Crippen molar-refractivity contribution in [3.05, 3.63) is 114 Å². The Balaban J connectivity index is 1.91. The van der Waals surface area contributed by atoms with Gasteiger partial charge in [0, 0.05) is 10.0 Å². The fraction of sp³-hybridized carbons (Fsp3) is 0.0769. The summed E-state index contributed by atoms with van der Waals surface area (Å²) in [6.45, 7) is 1.88. The summed E-state index contributed by atoms with van der Waals surface area (Å²) in [5.41, 5.74) is -0.570. The molecule has 2 heterocycles. The average molecular weight is 495 g/mol. The Bertz CT molecular complexity index is 1600. The molecule has 0 aliphatic rings. The Labute approximate surface area is 202 Å². The minimum Gasteiger partial charge on any atom is -0.507 e. The van der Waals surface area contributed by atoms with Gasteiger partial charge in [-0.2, -0.15) is 0 Å². The molecule has 0 unspecified atom stereocenters. The average Bonchev–Trinajstić information content (AvgIpc) is 2.80. The molecule has 0 saturated heterocycles. The Morgan fingerprint density at radius 1 is 0.706 bits per heavy atom. The molecule has 0 fully saturated rings. The second-order valence-corrected chi connectivity index (χ2v) is 8.80. The predicted molar refractivity (Wildman–Crippen MR) is 130 cm³/mol. The fourth-order valence-corrected chi connectivity index (χ4v) is 4.44. The van der Waals surface area contributed by atoms with Crippen LogP contribution in [0.15, 0.2) is 79.1 Å². The highest BCUT2D eigenvalue weighted by molar-refractivity contribution is 6.31. The Kier molecular flexibility index (Phi) is 5.35. The van der Waals surface area contributed by atoms with Gasteiger partial charge in [-0.05, 0) is 48.9 Å². The van der Waals surface area contributed by atoms with Crippen molar-refractivity contribution in [2.24, 2.45) is 0 Å². The molecular weight excluding hydrogens is 479 g/mol. The van der Waals surface area contributed by atoms with Gasteiger partial charge in [0.05, 0.1) is 27.8 Å². The Morgan fingerprint density at radius 2 is 1.15 bits per heavy atom. The number of aryl methyl sites for hydroxylation is 1. The summed E-state index contributed by atoms with van der Waals surface area (Å²) in [6.07, 6.45) is 0. The van der Waals surface area contributed by atoms with Gasteiger partial charge >= 0.3 is 11.3 Å². The van der Waals surface area contributed by atoms with Crippen molar-refractivity contribution in [1.82, 2.24) is 0 Å². The second-order valence-electron chi connectivity index (χ2n) is 7.93. The van der Waals surface area contributed by atoms with E-state index in [0.29, 0.717) is 15.6 Å². The molecule has 2 aromatic heterocycles.